The summed E-state index contributed by atoms with van der Waals surface area (Å²) in [5.74, 6) is 0.785. The normalized spacial score (nSPS) is 11.0. The Bertz CT molecular complexity index is 1190. The van der Waals surface area contributed by atoms with Crippen molar-refractivity contribution in [3.05, 3.63) is 76.4 Å². The number of ether oxygens (including phenoxy) is 1. The number of para-hydroxylation sites is 1. The second-order valence-corrected chi connectivity index (χ2v) is 8.14. The third-order valence-corrected chi connectivity index (χ3v) is 6.06. The van der Waals surface area contributed by atoms with Gasteiger partial charge >= 0.3 is 0 Å². The zero-order valence-electron chi connectivity index (χ0n) is 17.4. The van der Waals surface area contributed by atoms with Crippen molar-refractivity contribution < 1.29 is 9.53 Å². The molecular formula is C24H25N3O2S. The van der Waals surface area contributed by atoms with Gasteiger partial charge in [-0.3, -0.25) is 9.20 Å². The van der Waals surface area contributed by atoms with Crippen LogP contribution < -0.4 is 10.1 Å². The van der Waals surface area contributed by atoms with Crippen molar-refractivity contribution in [3.8, 4) is 17.0 Å². The number of nitrogens with zero attached hydrogens (tertiary/aromatic N) is 2. The average Bonchev–Trinajstić information content (AvgIpc) is 3.32. The van der Waals surface area contributed by atoms with Crippen LogP contribution in [0.1, 0.15) is 29.3 Å². The average molecular weight is 420 g/mol. The Morgan fingerprint density at radius 1 is 1.17 bits per heavy atom. The molecule has 0 bridgehead atoms. The van der Waals surface area contributed by atoms with Crippen LogP contribution in [0.4, 0.5) is 0 Å². The Labute approximate surface area is 180 Å². The molecule has 4 aromatic rings. The highest BCUT2D eigenvalue weighted by Crippen LogP contribution is 2.25. The molecule has 0 aliphatic carbocycles. The fourth-order valence-electron chi connectivity index (χ4n) is 3.36. The second kappa shape index (κ2) is 8.71. The minimum absolute atomic E-state index is 0.0255. The number of nitrogens with one attached hydrogen (secondary N) is 1. The Balaban J connectivity index is 1.47. The highest BCUT2D eigenvalue weighted by Gasteiger charge is 2.13. The van der Waals surface area contributed by atoms with Crippen LogP contribution >= 0.6 is 11.3 Å². The van der Waals surface area contributed by atoms with Gasteiger partial charge in [0.1, 0.15) is 5.75 Å². The Morgan fingerprint density at radius 3 is 2.80 bits per heavy atom. The number of fused-ring (bicyclic) bond motifs is 1. The van der Waals surface area contributed by atoms with Crippen LogP contribution in [0.2, 0.25) is 0 Å². The minimum atomic E-state index is -0.0255. The molecule has 154 valence electrons. The van der Waals surface area contributed by atoms with Crippen LogP contribution in [-0.2, 0) is 17.8 Å². The number of imidazole rings is 1. The molecule has 5 nitrogen and oxygen atoms in total. The zero-order chi connectivity index (χ0) is 21.1. The second-order valence-electron chi connectivity index (χ2n) is 7.30. The number of hydrogen-bond donors (Lipinski definition) is 1. The van der Waals surface area contributed by atoms with Gasteiger partial charge in [-0.1, -0.05) is 30.3 Å². The fourth-order valence-corrected chi connectivity index (χ4v) is 4.24. The third-order valence-electron chi connectivity index (χ3n) is 5.18. The number of carbonyl (C=O) groups excluding carboxylic acids is 1. The molecule has 1 N–H and O–H groups in total. The van der Waals surface area contributed by atoms with Gasteiger partial charge in [0.05, 0.1) is 18.7 Å². The van der Waals surface area contributed by atoms with E-state index in [1.165, 1.54) is 11.1 Å². The Kier molecular flexibility index (Phi) is 5.86. The monoisotopic (exact) mass is 419 g/mol. The van der Waals surface area contributed by atoms with Crippen molar-refractivity contribution in [1.82, 2.24) is 14.7 Å². The van der Waals surface area contributed by atoms with Crippen LogP contribution in [0.25, 0.3) is 16.2 Å². The molecular weight excluding hydrogens is 394 g/mol. The van der Waals surface area contributed by atoms with E-state index in [1.54, 1.807) is 11.3 Å². The van der Waals surface area contributed by atoms with Gasteiger partial charge in [0.15, 0.2) is 4.96 Å². The summed E-state index contributed by atoms with van der Waals surface area (Å²) in [7, 11) is 0. The molecule has 1 amide bonds. The van der Waals surface area contributed by atoms with Crippen molar-refractivity contribution in [2.75, 3.05) is 6.61 Å². The van der Waals surface area contributed by atoms with Crippen LogP contribution in [0, 0.1) is 13.8 Å². The smallest absolute Gasteiger partial charge is 0.226 e. The molecule has 4 rings (SSSR count). The lowest BCUT2D eigenvalue weighted by molar-refractivity contribution is -0.120. The molecule has 30 heavy (non-hydrogen) atoms. The Morgan fingerprint density at radius 2 is 2.00 bits per heavy atom. The molecule has 0 radical (unpaired) electrons. The van der Waals surface area contributed by atoms with E-state index in [-0.39, 0.29) is 5.91 Å². The maximum absolute atomic E-state index is 12.6. The largest absolute Gasteiger partial charge is 0.494 e. The first-order valence-corrected chi connectivity index (χ1v) is 10.9. The summed E-state index contributed by atoms with van der Waals surface area (Å²) in [4.78, 5) is 18.2. The Hall–Kier alpha value is -3.12. The van der Waals surface area contributed by atoms with Crippen molar-refractivity contribution in [2.24, 2.45) is 0 Å². The van der Waals surface area contributed by atoms with E-state index in [1.807, 2.05) is 47.2 Å². The summed E-state index contributed by atoms with van der Waals surface area (Å²) in [5, 5.41) is 5.01. The predicted molar refractivity (Wildman–Crippen MR) is 121 cm³/mol. The zero-order valence-corrected chi connectivity index (χ0v) is 18.3. The number of thiazole rings is 1. The molecule has 0 saturated heterocycles. The van der Waals surface area contributed by atoms with E-state index in [2.05, 4.69) is 37.4 Å². The molecule has 0 unspecified atom stereocenters. The molecule has 2 heterocycles. The van der Waals surface area contributed by atoms with Gasteiger partial charge in [-0.2, -0.15) is 0 Å². The van der Waals surface area contributed by atoms with Crippen molar-refractivity contribution >= 4 is 22.2 Å². The van der Waals surface area contributed by atoms with E-state index in [0.29, 0.717) is 19.6 Å². The first-order chi connectivity index (χ1) is 14.5. The number of hydrogen-bond acceptors (Lipinski definition) is 4. The molecule has 0 fully saturated rings. The van der Waals surface area contributed by atoms with Crippen LogP contribution in [0.3, 0.4) is 0 Å². The molecule has 0 aliphatic rings. The summed E-state index contributed by atoms with van der Waals surface area (Å²) in [6, 6.07) is 14.2. The summed E-state index contributed by atoms with van der Waals surface area (Å²) >= 11 is 1.55. The number of carbonyl (C=O) groups is 1. The standard InChI is InChI=1S/C24H25N3O2S/c1-4-29-22-8-6-5-7-19(22)13-25-23(28)12-20-15-30-24-26-21(14-27(20)24)18-10-9-16(2)17(3)11-18/h5-11,14-15H,4,12-13H2,1-3H3,(H,25,28). The van der Waals surface area contributed by atoms with Crippen LogP contribution in [0.5, 0.6) is 5.75 Å². The predicted octanol–water partition coefficient (Wildman–Crippen LogP) is 4.94. The lowest BCUT2D eigenvalue weighted by Gasteiger charge is -2.10. The minimum Gasteiger partial charge on any atom is -0.494 e. The van der Waals surface area contributed by atoms with Crippen molar-refractivity contribution in [3.63, 3.8) is 0 Å². The van der Waals surface area contributed by atoms with E-state index in [0.717, 1.165) is 33.2 Å². The van der Waals surface area contributed by atoms with Gasteiger partial charge in [-0.25, -0.2) is 4.98 Å². The molecule has 2 aromatic heterocycles. The summed E-state index contributed by atoms with van der Waals surface area (Å²) < 4.78 is 7.65. The lowest BCUT2D eigenvalue weighted by Crippen LogP contribution is -2.25. The number of amides is 1. The van der Waals surface area contributed by atoms with E-state index < -0.39 is 0 Å². The van der Waals surface area contributed by atoms with Gasteiger partial charge in [0.25, 0.3) is 0 Å². The topological polar surface area (TPSA) is 55.6 Å². The van der Waals surface area contributed by atoms with Gasteiger partial charge in [-0.05, 0) is 44.0 Å². The first-order valence-electron chi connectivity index (χ1n) is 10.1. The molecule has 0 spiro atoms. The first kappa shape index (κ1) is 20.2. The fraction of sp³-hybridized carbons (Fsp3) is 0.250. The molecule has 0 aliphatic heterocycles. The van der Waals surface area contributed by atoms with E-state index in [4.69, 9.17) is 9.72 Å². The van der Waals surface area contributed by atoms with Crippen molar-refractivity contribution in [1.29, 1.82) is 0 Å². The van der Waals surface area contributed by atoms with Crippen molar-refractivity contribution in [2.45, 2.75) is 33.7 Å². The molecule has 6 heteroatoms. The maximum atomic E-state index is 12.6. The lowest BCUT2D eigenvalue weighted by atomic mass is 10.0. The summed E-state index contributed by atoms with van der Waals surface area (Å²) in [6.07, 6.45) is 2.32. The molecule has 0 saturated carbocycles. The number of aryl methyl sites for hydroxylation is 2. The van der Waals surface area contributed by atoms with E-state index in [9.17, 15) is 4.79 Å². The highest BCUT2D eigenvalue weighted by atomic mass is 32.1. The maximum Gasteiger partial charge on any atom is 0.226 e. The SMILES string of the molecule is CCOc1ccccc1CNC(=O)Cc1csc2nc(-c3ccc(C)c(C)c3)cn12. The van der Waals surface area contributed by atoms with Crippen LogP contribution in [0.15, 0.2) is 54.0 Å². The van der Waals surface area contributed by atoms with Gasteiger partial charge in [-0.15, -0.1) is 11.3 Å². The number of rotatable bonds is 7. The summed E-state index contributed by atoms with van der Waals surface area (Å²) in [6.45, 7) is 7.21. The number of aromatic nitrogens is 2. The summed E-state index contributed by atoms with van der Waals surface area (Å²) in [5.41, 5.74) is 6.45. The third kappa shape index (κ3) is 4.24. The molecule has 2 aromatic carbocycles. The van der Waals surface area contributed by atoms with Gasteiger partial charge in [0, 0.05) is 34.9 Å². The highest BCUT2D eigenvalue weighted by molar-refractivity contribution is 7.15. The van der Waals surface area contributed by atoms with Gasteiger partial charge < -0.3 is 10.1 Å². The van der Waals surface area contributed by atoms with Gasteiger partial charge in [0.2, 0.25) is 5.91 Å². The molecule has 0 atom stereocenters. The number of benzene rings is 2. The van der Waals surface area contributed by atoms with E-state index >= 15 is 0 Å². The van der Waals surface area contributed by atoms with Crippen LogP contribution in [-0.4, -0.2) is 21.9 Å². The quantitative estimate of drug-likeness (QED) is 0.462.